The molecule has 3 aromatic rings. The number of carbonyl (C=O) groups is 4. The largest absolute Gasteiger partial charge is 0.496 e. The quantitative estimate of drug-likeness (QED) is 0.0662. The number of pyridine rings is 1. The van der Waals surface area contributed by atoms with Crippen molar-refractivity contribution < 1.29 is 33.4 Å². The molecule has 2 amide bonds. The topological polar surface area (TPSA) is 209 Å². The minimum absolute atomic E-state index is 0.0500. The number of rotatable bonds is 15. The van der Waals surface area contributed by atoms with Crippen LogP contribution in [0, 0.1) is 17.2 Å². The number of amidine groups is 1. The van der Waals surface area contributed by atoms with Gasteiger partial charge in [0, 0.05) is 47.0 Å². The molecule has 13 heteroatoms. The van der Waals surface area contributed by atoms with Gasteiger partial charge in [-0.05, 0) is 73.2 Å². The molecule has 0 aliphatic heterocycles. The average molecular weight is 671 g/mol. The van der Waals surface area contributed by atoms with Crippen LogP contribution in [-0.2, 0) is 14.3 Å². The van der Waals surface area contributed by atoms with Crippen LogP contribution < -0.4 is 26.8 Å². The molecule has 1 fully saturated rings. The third kappa shape index (κ3) is 9.08. The van der Waals surface area contributed by atoms with Gasteiger partial charge in [0.25, 0.3) is 11.8 Å². The van der Waals surface area contributed by atoms with E-state index in [9.17, 15) is 19.2 Å². The Labute approximate surface area is 284 Å². The van der Waals surface area contributed by atoms with Crippen LogP contribution in [0.1, 0.15) is 82.5 Å². The fraction of sp³-hybridized carbons (Fsp3) is 0.333. The first-order chi connectivity index (χ1) is 23.4. The number of nitrogens with one attached hydrogen (secondary N) is 3. The standard InChI is InChI=1S/C36H42N6O7/c1-6-19(3)30(37)35(45)48-20(4)49-36(46)31-25(14-15-28(42-31)34(44)40-18-21-8-9-21)26-17-29(47-5)22(7-2)16-27(26)33(43)41-24-12-10-23(11-13-24)32(38)39/h7,10-17,19-21,30H,2,6,8-9,18,37H2,1,3-5H3,(H3,38,39)(H,40,44)(H,41,43). The first-order valence-corrected chi connectivity index (χ1v) is 15.9. The number of nitrogen functional groups attached to an aromatic ring is 1. The van der Waals surface area contributed by atoms with Gasteiger partial charge >= 0.3 is 11.9 Å². The number of ether oxygens (including phenoxy) is 3. The van der Waals surface area contributed by atoms with Crippen LogP contribution in [0.4, 0.5) is 5.69 Å². The van der Waals surface area contributed by atoms with Crippen molar-refractivity contribution in [1.82, 2.24) is 10.3 Å². The number of carbonyl (C=O) groups excluding carboxylic acids is 4. The van der Waals surface area contributed by atoms with E-state index in [2.05, 4.69) is 22.2 Å². The summed E-state index contributed by atoms with van der Waals surface area (Å²) in [6.07, 6.45) is 2.85. The second-order valence-electron chi connectivity index (χ2n) is 11.9. The van der Waals surface area contributed by atoms with E-state index in [0.717, 1.165) is 12.8 Å². The highest BCUT2D eigenvalue weighted by atomic mass is 16.7. The minimum atomic E-state index is -1.35. The van der Waals surface area contributed by atoms with Crippen LogP contribution in [0.3, 0.4) is 0 Å². The van der Waals surface area contributed by atoms with Gasteiger partial charge in [0.1, 0.15) is 23.3 Å². The van der Waals surface area contributed by atoms with Crippen molar-refractivity contribution in [3.8, 4) is 16.9 Å². The lowest BCUT2D eigenvalue weighted by molar-refractivity contribution is -0.168. The van der Waals surface area contributed by atoms with Crippen LogP contribution in [0.15, 0.2) is 55.1 Å². The molecule has 0 radical (unpaired) electrons. The van der Waals surface area contributed by atoms with Crippen molar-refractivity contribution in [1.29, 1.82) is 5.41 Å². The van der Waals surface area contributed by atoms with Crippen molar-refractivity contribution in [3.63, 3.8) is 0 Å². The highest BCUT2D eigenvalue weighted by Gasteiger charge is 2.29. The van der Waals surface area contributed by atoms with Crippen LogP contribution in [-0.4, -0.2) is 60.6 Å². The van der Waals surface area contributed by atoms with Gasteiger partial charge in [0.05, 0.1) is 7.11 Å². The summed E-state index contributed by atoms with van der Waals surface area (Å²) in [6, 6.07) is 11.5. The Morgan fingerprint density at radius 2 is 1.73 bits per heavy atom. The van der Waals surface area contributed by atoms with Crippen molar-refractivity contribution >= 4 is 41.4 Å². The molecule has 4 rings (SSSR count). The van der Waals surface area contributed by atoms with Crippen LogP contribution in [0.2, 0.25) is 0 Å². The summed E-state index contributed by atoms with van der Waals surface area (Å²) in [4.78, 5) is 57.6. The second-order valence-corrected chi connectivity index (χ2v) is 11.9. The summed E-state index contributed by atoms with van der Waals surface area (Å²) >= 11 is 0. The summed E-state index contributed by atoms with van der Waals surface area (Å²) in [6.45, 7) is 9.35. The zero-order chi connectivity index (χ0) is 35.8. The minimum Gasteiger partial charge on any atom is -0.496 e. The number of hydrogen-bond donors (Lipinski definition) is 5. The van der Waals surface area contributed by atoms with Crippen molar-refractivity contribution in [2.45, 2.75) is 52.4 Å². The van der Waals surface area contributed by atoms with E-state index < -0.39 is 36.1 Å². The number of anilines is 1. The fourth-order valence-corrected chi connectivity index (χ4v) is 4.84. The monoisotopic (exact) mass is 670 g/mol. The number of methoxy groups -OCH3 is 1. The van der Waals surface area contributed by atoms with E-state index >= 15 is 0 Å². The van der Waals surface area contributed by atoms with Crippen LogP contribution in [0.25, 0.3) is 17.2 Å². The molecule has 49 heavy (non-hydrogen) atoms. The number of esters is 2. The van der Waals surface area contributed by atoms with Gasteiger partial charge < -0.3 is 36.3 Å². The molecule has 1 aliphatic rings. The first-order valence-electron chi connectivity index (χ1n) is 15.9. The fourth-order valence-electron chi connectivity index (χ4n) is 4.84. The Hall–Kier alpha value is -5.56. The molecule has 1 aromatic heterocycles. The van der Waals surface area contributed by atoms with Gasteiger partial charge in [-0.2, -0.15) is 0 Å². The molecule has 3 unspecified atom stereocenters. The number of nitrogens with two attached hydrogens (primary N) is 2. The number of aromatic nitrogens is 1. The zero-order valence-electron chi connectivity index (χ0n) is 28.0. The van der Waals surface area contributed by atoms with Crippen molar-refractivity contribution in [2.75, 3.05) is 19.0 Å². The van der Waals surface area contributed by atoms with Gasteiger partial charge in [-0.25, -0.2) is 9.78 Å². The van der Waals surface area contributed by atoms with Crippen molar-refractivity contribution in [3.05, 3.63) is 83.2 Å². The predicted octanol–water partition coefficient (Wildman–Crippen LogP) is 4.50. The normalized spacial score (nSPS) is 14.1. The average Bonchev–Trinajstić information content (AvgIpc) is 3.93. The lowest BCUT2D eigenvalue weighted by atomic mass is 9.94. The summed E-state index contributed by atoms with van der Waals surface area (Å²) < 4.78 is 16.4. The Balaban J connectivity index is 1.76. The predicted molar refractivity (Wildman–Crippen MR) is 185 cm³/mol. The Kier molecular flexibility index (Phi) is 11.9. The molecule has 1 aliphatic carbocycles. The summed E-state index contributed by atoms with van der Waals surface area (Å²) in [5.74, 6) is -2.33. The molecule has 7 N–H and O–H groups in total. The third-order valence-corrected chi connectivity index (χ3v) is 8.23. The number of nitrogens with zero attached hydrogens (tertiary/aromatic N) is 1. The molecule has 0 spiro atoms. The number of amides is 2. The van der Waals surface area contributed by atoms with E-state index in [1.54, 1.807) is 43.3 Å². The van der Waals surface area contributed by atoms with Gasteiger partial charge in [0.15, 0.2) is 5.69 Å². The second kappa shape index (κ2) is 16.0. The Morgan fingerprint density at radius 3 is 2.33 bits per heavy atom. The third-order valence-electron chi connectivity index (χ3n) is 8.23. The maximum absolute atomic E-state index is 13.8. The van der Waals surface area contributed by atoms with E-state index in [1.807, 2.05) is 6.92 Å². The summed E-state index contributed by atoms with van der Waals surface area (Å²) in [7, 11) is 1.45. The molecule has 1 heterocycles. The molecule has 2 aromatic carbocycles. The van der Waals surface area contributed by atoms with Gasteiger partial charge in [0.2, 0.25) is 6.29 Å². The van der Waals surface area contributed by atoms with Crippen LogP contribution in [0.5, 0.6) is 5.75 Å². The van der Waals surface area contributed by atoms with Crippen molar-refractivity contribution in [2.24, 2.45) is 23.3 Å². The summed E-state index contributed by atoms with van der Waals surface area (Å²) in [5.41, 5.74) is 13.1. The van der Waals surface area contributed by atoms with Gasteiger partial charge in [-0.1, -0.05) is 32.9 Å². The summed E-state index contributed by atoms with van der Waals surface area (Å²) in [5, 5.41) is 13.3. The molecule has 1 saturated carbocycles. The highest BCUT2D eigenvalue weighted by molar-refractivity contribution is 6.11. The molecule has 0 bridgehead atoms. The first kappa shape index (κ1) is 36.3. The molecule has 0 saturated heterocycles. The lowest BCUT2D eigenvalue weighted by Gasteiger charge is -2.21. The lowest BCUT2D eigenvalue weighted by Crippen LogP contribution is -2.40. The van der Waals surface area contributed by atoms with E-state index in [4.69, 9.17) is 31.1 Å². The van der Waals surface area contributed by atoms with E-state index in [0.29, 0.717) is 41.4 Å². The smallest absolute Gasteiger partial charge is 0.360 e. The Morgan fingerprint density at radius 1 is 1.04 bits per heavy atom. The van der Waals surface area contributed by atoms with E-state index in [-0.39, 0.29) is 39.8 Å². The van der Waals surface area contributed by atoms with Gasteiger partial charge in [-0.15, -0.1) is 0 Å². The number of hydrogen-bond acceptors (Lipinski definition) is 10. The zero-order valence-corrected chi connectivity index (χ0v) is 28.0. The van der Waals surface area contributed by atoms with Crippen LogP contribution >= 0.6 is 0 Å². The Bertz CT molecular complexity index is 1750. The molecular weight excluding hydrogens is 628 g/mol. The highest BCUT2D eigenvalue weighted by Crippen LogP contribution is 2.35. The maximum Gasteiger partial charge on any atom is 0.360 e. The van der Waals surface area contributed by atoms with Gasteiger partial charge in [-0.3, -0.25) is 19.8 Å². The molecule has 258 valence electrons. The molecular formula is C36H42N6O7. The van der Waals surface area contributed by atoms with E-state index in [1.165, 1.54) is 32.2 Å². The number of benzene rings is 2. The molecule has 3 atom stereocenters. The molecule has 13 nitrogen and oxygen atoms in total. The maximum atomic E-state index is 13.8. The SMILES string of the molecule is C=Cc1cc(C(=O)Nc2ccc(C(=N)N)cc2)c(-c2ccc(C(=O)NCC3CC3)nc2C(=O)OC(C)OC(=O)C(N)C(C)CC)cc1OC.